The first kappa shape index (κ1) is 18.1. The molecule has 1 aromatic carbocycles. The monoisotopic (exact) mass is 315 g/mol. The molecule has 1 aromatic rings. The second-order valence-corrected chi connectivity index (χ2v) is 5.51. The average Bonchev–Trinajstić information content (AvgIpc) is 2.48. The molecule has 0 radical (unpaired) electrons. The number of aliphatic hydroxyl groups is 1. The summed E-state index contributed by atoms with van der Waals surface area (Å²) in [6.45, 7) is 7.64. The third kappa shape index (κ3) is 5.06. The SMILES string of the molecule is CCOc1cc(OCC)c(C(C)CC(CN)CO)cc1Cl. The number of halogens is 1. The Labute approximate surface area is 132 Å². The van der Waals surface area contributed by atoms with Crippen LogP contribution in [0.5, 0.6) is 11.5 Å². The summed E-state index contributed by atoms with van der Waals surface area (Å²) in [7, 11) is 0. The minimum atomic E-state index is 0.0832. The average molecular weight is 316 g/mol. The summed E-state index contributed by atoms with van der Waals surface area (Å²) in [5, 5.41) is 9.88. The molecular formula is C16H26ClNO3. The number of hydrogen-bond donors (Lipinski definition) is 2. The lowest BCUT2D eigenvalue weighted by molar-refractivity contribution is 0.216. The molecule has 1 rings (SSSR count). The van der Waals surface area contributed by atoms with Crippen molar-refractivity contribution in [1.82, 2.24) is 0 Å². The summed E-state index contributed by atoms with van der Waals surface area (Å²) < 4.78 is 11.2. The van der Waals surface area contributed by atoms with Gasteiger partial charge in [-0.3, -0.25) is 0 Å². The van der Waals surface area contributed by atoms with Crippen molar-refractivity contribution in [3.8, 4) is 11.5 Å². The number of rotatable bonds is 9. The van der Waals surface area contributed by atoms with Gasteiger partial charge in [0.2, 0.25) is 0 Å². The van der Waals surface area contributed by atoms with E-state index in [0.717, 1.165) is 17.7 Å². The van der Waals surface area contributed by atoms with Crippen LogP contribution < -0.4 is 15.2 Å². The Bertz CT molecular complexity index is 436. The highest BCUT2D eigenvalue weighted by Gasteiger charge is 2.19. The van der Waals surface area contributed by atoms with E-state index >= 15 is 0 Å². The van der Waals surface area contributed by atoms with Crippen molar-refractivity contribution >= 4 is 11.6 Å². The maximum atomic E-state index is 9.31. The molecule has 0 amide bonds. The molecule has 5 heteroatoms. The van der Waals surface area contributed by atoms with Gasteiger partial charge >= 0.3 is 0 Å². The van der Waals surface area contributed by atoms with Gasteiger partial charge in [-0.2, -0.15) is 0 Å². The van der Waals surface area contributed by atoms with E-state index in [0.29, 0.717) is 30.5 Å². The molecule has 3 N–H and O–H groups in total. The van der Waals surface area contributed by atoms with E-state index < -0.39 is 0 Å². The Morgan fingerprint density at radius 1 is 1.19 bits per heavy atom. The van der Waals surface area contributed by atoms with Crippen LogP contribution >= 0.6 is 11.6 Å². The zero-order valence-electron chi connectivity index (χ0n) is 13.1. The first-order valence-electron chi connectivity index (χ1n) is 7.47. The van der Waals surface area contributed by atoms with Crippen molar-refractivity contribution in [1.29, 1.82) is 0 Å². The second-order valence-electron chi connectivity index (χ2n) is 5.11. The Balaban J connectivity index is 3.05. The Morgan fingerprint density at radius 3 is 2.33 bits per heavy atom. The smallest absolute Gasteiger partial charge is 0.141 e. The summed E-state index contributed by atoms with van der Waals surface area (Å²) >= 11 is 6.27. The van der Waals surface area contributed by atoms with Gasteiger partial charge in [0.1, 0.15) is 11.5 Å². The molecule has 0 spiro atoms. The normalized spacial score (nSPS) is 13.8. The highest BCUT2D eigenvalue weighted by Crippen LogP contribution is 2.38. The van der Waals surface area contributed by atoms with Gasteiger partial charge in [0, 0.05) is 12.7 Å². The molecule has 0 bridgehead atoms. The lowest BCUT2D eigenvalue weighted by atomic mass is 9.90. The Kier molecular flexibility index (Phi) is 7.86. The number of hydrogen-bond acceptors (Lipinski definition) is 4. The standard InChI is InChI=1S/C16H26ClNO3/c1-4-20-15-8-16(21-5-2)14(17)7-13(15)11(3)6-12(9-18)10-19/h7-8,11-12,19H,4-6,9-10,18H2,1-3H3. The van der Waals surface area contributed by atoms with Gasteiger partial charge in [-0.05, 0) is 50.3 Å². The maximum absolute atomic E-state index is 9.31. The molecule has 0 aliphatic heterocycles. The van der Waals surface area contributed by atoms with Crippen LogP contribution in [0.25, 0.3) is 0 Å². The van der Waals surface area contributed by atoms with Gasteiger partial charge in [0.25, 0.3) is 0 Å². The van der Waals surface area contributed by atoms with E-state index in [2.05, 4.69) is 6.92 Å². The summed E-state index contributed by atoms with van der Waals surface area (Å²) in [4.78, 5) is 0. The largest absolute Gasteiger partial charge is 0.493 e. The van der Waals surface area contributed by atoms with Gasteiger partial charge in [-0.1, -0.05) is 18.5 Å². The Morgan fingerprint density at radius 2 is 1.81 bits per heavy atom. The Hall–Kier alpha value is -0.970. The van der Waals surface area contributed by atoms with E-state index in [9.17, 15) is 5.11 Å². The van der Waals surface area contributed by atoms with E-state index in [-0.39, 0.29) is 18.4 Å². The lowest BCUT2D eigenvalue weighted by Crippen LogP contribution is -2.20. The van der Waals surface area contributed by atoms with E-state index in [1.807, 2.05) is 26.0 Å². The topological polar surface area (TPSA) is 64.7 Å². The van der Waals surface area contributed by atoms with Crippen LogP contribution in [0.3, 0.4) is 0 Å². The third-order valence-corrected chi connectivity index (χ3v) is 3.77. The van der Waals surface area contributed by atoms with Gasteiger partial charge in [0.15, 0.2) is 0 Å². The van der Waals surface area contributed by atoms with Crippen LogP contribution in [0.1, 0.15) is 38.7 Å². The zero-order chi connectivity index (χ0) is 15.8. The van der Waals surface area contributed by atoms with E-state index in [1.54, 1.807) is 0 Å². The molecule has 0 saturated carbocycles. The minimum Gasteiger partial charge on any atom is -0.493 e. The van der Waals surface area contributed by atoms with E-state index in [4.69, 9.17) is 26.8 Å². The number of benzene rings is 1. The molecule has 0 fully saturated rings. The van der Waals surface area contributed by atoms with Gasteiger partial charge < -0.3 is 20.3 Å². The minimum absolute atomic E-state index is 0.0832. The first-order chi connectivity index (χ1) is 10.1. The number of nitrogens with two attached hydrogens (primary N) is 1. The molecule has 21 heavy (non-hydrogen) atoms. The van der Waals surface area contributed by atoms with Crippen molar-refractivity contribution in [3.63, 3.8) is 0 Å². The van der Waals surface area contributed by atoms with Crippen LogP contribution in [0, 0.1) is 5.92 Å². The van der Waals surface area contributed by atoms with Crippen LogP contribution in [-0.2, 0) is 0 Å². The third-order valence-electron chi connectivity index (χ3n) is 3.47. The lowest BCUT2D eigenvalue weighted by Gasteiger charge is -2.21. The molecule has 2 atom stereocenters. The second kappa shape index (κ2) is 9.13. The molecule has 0 saturated heterocycles. The summed E-state index contributed by atoms with van der Waals surface area (Å²) in [5.74, 6) is 1.70. The van der Waals surface area contributed by atoms with Crippen LogP contribution in [-0.4, -0.2) is 31.5 Å². The summed E-state index contributed by atoms with van der Waals surface area (Å²) in [6.07, 6.45) is 0.789. The predicted octanol–water partition coefficient (Wildman–Crippen LogP) is 3.20. The zero-order valence-corrected chi connectivity index (χ0v) is 13.8. The molecule has 120 valence electrons. The number of aliphatic hydroxyl groups excluding tert-OH is 1. The molecule has 0 aliphatic rings. The maximum Gasteiger partial charge on any atom is 0.141 e. The highest BCUT2D eigenvalue weighted by molar-refractivity contribution is 6.32. The summed E-state index contributed by atoms with van der Waals surface area (Å²) in [6, 6.07) is 3.74. The fraction of sp³-hybridized carbons (Fsp3) is 0.625. The molecule has 0 aliphatic carbocycles. The summed E-state index contributed by atoms with van der Waals surface area (Å²) in [5.41, 5.74) is 6.69. The van der Waals surface area contributed by atoms with Crippen LogP contribution in [0.15, 0.2) is 12.1 Å². The number of ether oxygens (including phenoxy) is 2. The molecule has 2 unspecified atom stereocenters. The van der Waals surface area contributed by atoms with Crippen LogP contribution in [0.4, 0.5) is 0 Å². The van der Waals surface area contributed by atoms with Gasteiger partial charge in [-0.15, -0.1) is 0 Å². The first-order valence-corrected chi connectivity index (χ1v) is 7.84. The van der Waals surface area contributed by atoms with Crippen molar-refractivity contribution in [2.75, 3.05) is 26.4 Å². The van der Waals surface area contributed by atoms with E-state index in [1.165, 1.54) is 0 Å². The van der Waals surface area contributed by atoms with Crippen LogP contribution in [0.2, 0.25) is 5.02 Å². The van der Waals surface area contributed by atoms with Crippen molar-refractivity contribution in [2.24, 2.45) is 11.7 Å². The quantitative estimate of drug-likeness (QED) is 0.734. The molecule has 4 nitrogen and oxygen atoms in total. The van der Waals surface area contributed by atoms with Crippen molar-refractivity contribution < 1.29 is 14.6 Å². The molecular weight excluding hydrogens is 290 g/mol. The fourth-order valence-electron chi connectivity index (χ4n) is 2.35. The highest BCUT2D eigenvalue weighted by atomic mass is 35.5. The van der Waals surface area contributed by atoms with Gasteiger partial charge in [-0.25, -0.2) is 0 Å². The predicted molar refractivity (Wildman–Crippen MR) is 86.5 cm³/mol. The van der Waals surface area contributed by atoms with Crippen molar-refractivity contribution in [3.05, 3.63) is 22.7 Å². The van der Waals surface area contributed by atoms with Gasteiger partial charge in [0.05, 0.1) is 18.2 Å². The fourth-order valence-corrected chi connectivity index (χ4v) is 2.58. The van der Waals surface area contributed by atoms with Crippen molar-refractivity contribution in [2.45, 2.75) is 33.1 Å². The molecule has 0 aromatic heterocycles. The molecule has 0 heterocycles.